The second-order valence-corrected chi connectivity index (χ2v) is 8.31. The number of benzene rings is 1. The third kappa shape index (κ3) is 2.76. The molecule has 2 fully saturated rings. The number of nitrogens with two attached hydrogens (primary N) is 1. The second-order valence-electron chi connectivity index (χ2n) is 8.31. The quantitative estimate of drug-likeness (QED) is 0.740. The Morgan fingerprint density at radius 3 is 2.61 bits per heavy atom. The number of hydrogen-bond acceptors (Lipinski definition) is 6. The first-order valence-corrected chi connectivity index (χ1v) is 10.1. The molecule has 2 spiro atoms. The van der Waals surface area contributed by atoms with Crippen LogP contribution in [0.15, 0.2) is 18.2 Å². The summed E-state index contributed by atoms with van der Waals surface area (Å²) in [6, 6.07) is 6.12. The van der Waals surface area contributed by atoms with Crippen molar-refractivity contribution in [2.75, 3.05) is 34.5 Å². The predicted octanol–water partition coefficient (Wildman–Crippen LogP) is 1.34. The number of carbonyl (C=O) groups excluding carboxylic acids is 1. The Balaban J connectivity index is 1.75. The number of rotatable bonds is 5. The molecule has 1 aliphatic heterocycles. The van der Waals surface area contributed by atoms with E-state index in [1.54, 1.807) is 26.2 Å². The van der Waals surface area contributed by atoms with Gasteiger partial charge in [0.25, 0.3) is 0 Å². The van der Waals surface area contributed by atoms with Gasteiger partial charge >= 0.3 is 0 Å². The molecule has 1 aromatic rings. The lowest BCUT2D eigenvalue weighted by Crippen LogP contribution is -2.57. The molecule has 2 atom stereocenters. The Morgan fingerprint density at radius 2 is 2.00 bits per heavy atom. The molecule has 1 aromatic carbocycles. The molecule has 0 aromatic heterocycles. The third-order valence-electron chi connectivity index (χ3n) is 7.01. The van der Waals surface area contributed by atoms with Crippen LogP contribution in [0.25, 0.3) is 0 Å². The number of amides is 1. The summed E-state index contributed by atoms with van der Waals surface area (Å²) in [5.74, 6) is 0.819. The maximum atomic E-state index is 13.6. The second kappa shape index (κ2) is 7.30. The summed E-state index contributed by atoms with van der Waals surface area (Å²) in [5.41, 5.74) is 7.52. The van der Waals surface area contributed by atoms with Gasteiger partial charge in [-0.3, -0.25) is 15.8 Å². The molecule has 154 valence electrons. The Bertz CT molecular complexity index is 747. The Labute approximate surface area is 166 Å². The Hall–Kier alpha value is -1.67. The van der Waals surface area contributed by atoms with E-state index in [0.717, 1.165) is 43.4 Å². The standard InChI is InChI=1S/C21H31N3O4/c1-24-18(25)21(23-19(24)22)17-12-16(28-11-10-26-2)5-4-14(17)13-20(21)8-6-15(27-3)7-9-20/h4-5,12,15,19,23H,6-11,13,22H2,1-3H3. The van der Waals surface area contributed by atoms with Gasteiger partial charge in [0.15, 0.2) is 0 Å². The first-order chi connectivity index (χ1) is 13.5. The summed E-state index contributed by atoms with van der Waals surface area (Å²) in [6.07, 6.45) is 4.42. The molecular formula is C21H31N3O4. The van der Waals surface area contributed by atoms with E-state index in [2.05, 4.69) is 11.4 Å². The van der Waals surface area contributed by atoms with Crippen LogP contribution in [-0.2, 0) is 26.2 Å². The molecule has 1 saturated heterocycles. The lowest BCUT2D eigenvalue weighted by Gasteiger charge is -2.46. The number of fused-ring (bicyclic) bond motifs is 3. The van der Waals surface area contributed by atoms with Crippen molar-refractivity contribution in [3.05, 3.63) is 29.3 Å². The van der Waals surface area contributed by atoms with Gasteiger partial charge in [-0.15, -0.1) is 0 Å². The highest BCUT2D eigenvalue weighted by Crippen LogP contribution is 2.60. The smallest absolute Gasteiger partial charge is 0.250 e. The summed E-state index contributed by atoms with van der Waals surface area (Å²) in [4.78, 5) is 15.2. The van der Waals surface area contributed by atoms with Gasteiger partial charge in [-0.25, -0.2) is 0 Å². The highest BCUT2D eigenvalue weighted by atomic mass is 16.5. The number of carbonyl (C=O) groups is 1. The molecule has 28 heavy (non-hydrogen) atoms. The fraction of sp³-hybridized carbons (Fsp3) is 0.667. The van der Waals surface area contributed by atoms with Crippen LogP contribution in [0.1, 0.15) is 36.8 Å². The topological polar surface area (TPSA) is 86.1 Å². The molecule has 1 saturated carbocycles. The highest BCUT2D eigenvalue weighted by molar-refractivity contribution is 5.92. The van der Waals surface area contributed by atoms with Gasteiger partial charge in [-0.2, -0.15) is 0 Å². The third-order valence-corrected chi connectivity index (χ3v) is 7.01. The van der Waals surface area contributed by atoms with Crippen molar-refractivity contribution >= 4 is 5.91 Å². The minimum Gasteiger partial charge on any atom is -0.491 e. The molecule has 0 bridgehead atoms. The average Bonchev–Trinajstić information content (AvgIpc) is 3.10. The van der Waals surface area contributed by atoms with Crippen molar-refractivity contribution in [1.29, 1.82) is 0 Å². The number of ether oxygens (including phenoxy) is 3. The van der Waals surface area contributed by atoms with Gasteiger partial charge in [-0.1, -0.05) is 6.07 Å². The number of hydrogen-bond donors (Lipinski definition) is 2. The molecule has 1 heterocycles. The minimum atomic E-state index is -0.796. The molecular weight excluding hydrogens is 358 g/mol. The van der Waals surface area contributed by atoms with Gasteiger partial charge in [0, 0.05) is 26.7 Å². The molecule has 4 rings (SSSR count). The fourth-order valence-corrected chi connectivity index (χ4v) is 5.45. The molecule has 2 aliphatic carbocycles. The first-order valence-electron chi connectivity index (χ1n) is 10.1. The van der Waals surface area contributed by atoms with Crippen molar-refractivity contribution in [2.24, 2.45) is 11.1 Å². The zero-order valence-electron chi connectivity index (χ0n) is 17.0. The predicted molar refractivity (Wildman–Crippen MR) is 105 cm³/mol. The molecule has 7 nitrogen and oxygen atoms in total. The Morgan fingerprint density at radius 1 is 1.25 bits per heavy atom. The van der Waals surface area contributed by atoms with E-state index in [-0.39, 0.29) is 17.4 Å². The van der Waals surface area contributed by atoms with Crippen molar-refractivity contribution < 1.29 is 19.0 Å². The maximum absolute atomic E-state index is 13.6. The summed E-state index contributed by atoms with van der Waals surface area (Å²) < 4.78 is 16.5. The van der Waals surface area contributed by atoms with E-state index in [1.165, 1.54) is 5.56 Å². The van der Waals surface area contributed by atoms with Crippen LogP contribution in [0.4, 0.5) is 0 Å². The summed E-state index contributed by atoms with van der Waals surface area (Å²) >= 11 is 0. The van der Waals surface area contributed by atoms with Crippen LogP contribution in [0.2, 0.25) is 0 Å². The van der Waals surface area contributed by atoms with E-state index < -0.39 is 11.8 Å². The lowest BCUT2D eigenvalue weighted by molar-refractivity contribution is -0.138. The van der Waals surface area contributed by atoms with Crippen molar-refractivity contribution in [1.82, 2.24) is 10.2 Å². The largest absolute Gasteiger partial charge is 0.491 e. The van der Waals surface area contributed by atoms with Gasteiger partial charge in [-0.05, 0) is 55.4 Å². The van der Waals surface area contributed by atoms with Crippen LogP contribution < -0.4 is 15.8 Å². The van der Waals surface area contributed by atoms with Crippen LogP contribution in [-0.4, -0.2) is 57.7 Å². The summed E-state index contributed by atoms with van der Waals surface area (Å²) in [5, 5.41) is 3.51. The zero-order valence-corrected chi connectivity index (χ0v) is 17.0. The molecule has 0 radical (unpaired) electrons. The molecule has 2 unspecified atom stereocenters. The van der Waals surface area contributed by atoms with Crippen molar-refractivity contribution in [3.63, 3.8) is 0 Å². The molecule has 1 amide bonds. The number of nitrogens with one attached hydrogen (secondary N) is 1. The highest BCUT2D eigenvalue weighted by Gasteiger charge is 2.66. The zero-order chi connectivity index (χ0) is 19.9. The van der Waals surface area contributed by atoms with Gasteiger partial charge in [0.05, 0.1) is 12.7 Å². The van der Waals surface area contributed by atoms with Gasteiger partial charge < -0.3 is 19.1 Å². The fourth-order valence-electron chi connectivity index (χ4n) is 5.45. The number of likely N-dealkylation sites (N-methyl/N-ethyl adjacent to an activating group) is 1. The SMILES string of the molecule is COCCOc1ccc2c(c1)C1(NC(N)N(C)C1=O)C1(CCC(OC)CC1)C2. The van der Waals surface area contributed by atoms with Gasteiger partial charge in [0.1, 0.15) is 24.2 Å². The van der Waals surface area contributed by atoms with E-state index in [0.29, 0.717) is 13.2 Å². The lowest BCUT2D eigenvalue weighted by atomic mass is 9.61. The van der Waals surface area contributed by atoms with E-state index in [9.17, 15) is 4.79 Å². The molecule has 3 N–H and O–H groups in total. The minimum absolute atomic E-state index is 0.0589. The summed E-state index contributed by atoms with van der Waals surface area (Å²) in [6.45, 7) is 0.999. The molecule has 3 aliphatic rings. The monoisotopic (exact) mass is 389 g/mol. The number of methoxy groups -OCH3 is 2. The van der Waals surface area contributed by atoms with Crippen LogP contribution in [0.3, 0.4) is 0 Å². The van der Waals surface area contributed by atoms with E-state index in [1.807, 2.05) is 12.1 Å². The van der Waals surface area contributed by atoms with Crippen LogP contribution in [0, 0.1) is 5.41 Å². The summed E-state index contributed by atoms with van der Waals surface area (Å²) in [7, 11) is 5.20. The van der Waals surface area contributed by atoms with E-state index >= 15 is 0 Å². The normalized spacial score (nSPS) is 34.4. The first kappa shape index (κ1) is 19.6. The van der Waals surface area contributed by atoms with Crippen LogP contribution in [0.5, 0.6) is 5.75 Å². The van der Waals surface area contributed by atoms with Crippen LogP contribution >= 0.6 is 0 Å². The maximum Gasteiger partial charge on any atom is 0.250 e. The number of nitrogens with zero attached hydrogens (tertiary/aromatic N) is 1. The Kier molecular flexibility index (Phi) is 5.12. The van der Waals surface area contributed by atoms with Crippen molar-refractivity contribution in [3.8, 4) is 5.75 Å². The molecule has 7 heteroatoms. The van der Waals surface area contributed by atoms with Gasteiger partial charge in [0.2, 0.25) is 5.91 Å². The van der Waals surface area contributed by atoms with Crippen molar-refractivity contribution in [2.45, 2.75) is 50.0 Å². The van der Waals surface area contributed by atoms with E-state index in [4.69, 9.17) is 19.9 Å². The average molecular weight is 389 g/mol.